The molecular formula is C16H32N2O. The molecule has 0 aromatic rings. The fourth-order valence-electron chi connectivity index (χ4n) is 3.18. The number of hydrogen-bond donors (Lipinski definition) is 1. The first-order chi connectivity index (χ1) is 8.68. The van der Waals surface area contributed by atoms with E-state index in [1.54, 1.807) is 0 Å². The first kappa shape index (κ1) is 15.3. The average Bonchev–Trinajstić information content (AvgIpc) is 2.65. The molecule has 0 radical (unpaired) electrons. The zero-order valence-corrected chi connectivity index (χ0v) is 13.6. The van der Waals surface area contributed by atoms with Crippen molar-refractivity contribution in [3.05, 3.63) is 0 Å². The normalized spacial score (nSPS) is 36.6. The van der Waals surface area contributed by atoms with Gasteiger partial charge in [0.15, 0.2) is 0 Å². The Hall–Kier alpha value is -0.120. The Labute approximate surface area is 119 Å². The van der Waals surface area contributed by atoms with E-state index in [1.165, 1.54) is 12.8 Å². The van der Waals surface area contributed by atoms with Crippen LogP contribution >= 0.6 is 0 Å². The third kappa shape index (κ3) is 3.71. The van der Waals surface area contributed by atoms with Gasteiger partial charge in [-0.3, -0.25) is 4.90 Å². The summed E-state index contributed by atoms with van der Waals surface area (Å²) in [5.74, 6) is 0. The summed E-state index contributed by atoms with van der Waals surface area (Å²) in [6.45, 7) is 17.2. The van der Waals surface area contributed by atoms with Crippen molar-refractivity contribution in [2.24, 2.45) is 5.41 Å². The summed E-state index contributed by atoms with van der Waals surface area (Å²) in [5, 5.41) is 3.73. The second-order valence-corrected chi connectivity index (χ2v) is 8.16. The molecule has 3 heteroatoms. The minimum Gasteiger partial charge on any atom is -0.374 e. The molecule has 112 valence electrons. The van der Waals surface area contributed by atoms with Crippen LogP contribution in [-0.4, -0.2) is 48.3 Å². The molecule has 0 aliphatic carbocycles. The maximum Gasteiger partial charge on any atom is 0.0706 e. The van der Waals surface area contributed by atoms with E-state index in [9.17, 15) is 0 Å². The molecule has 3 atom stereocenters. The average molecular weight is 268 g/mol. The quantitative estimate of drug-likeness (QED) is 0.833. The van der Waals surface area contributed by atoms with Crippen molar-refractivity contribution in [2.75, 3.05) is 19.6 Å². The summed E-state index contributed by atoms with van der Waals surface area (Å²) in [7, 11) is 0. The van der Waals surface area contributed by atoms with Gasteiger partial charge in [0.1, 0.15) is 0 Å². The molecule has 2 heterocycles. The van der Waals surface area contributed by atoms with Crippen molar-refractivity contribution in [3.8, 4) is 0 Å². The van der Waals surface area contributed by atoms with Crippen molar-refractivity contribution >= 4 is 0 Å². The lowest BCUT2D eigenvalue weighted by molar-refractivity contribution is -0.0220. The molecule has 1 N–H and O–H groups in total. The SMILES string of the molecule is CC1CCC(CN2CC(C(C)(C)C)NCC2(C)C)O1. The van der Waals surface area contributed by atoms with Crippen molar-refractivity contribution in [1.82, 2.24) is 10.2 Å². The van der Waals surface area contributed by atoms with Crippen LogP contribution in [0, 0.1) is 5.41 Å². The topological polar surface area (TPSA) is 24.5 Å². The molecular weight excluding hydrogens is 236 g/mol. The molecule has 2 saturated heterocycles. The van der Waals surface area contributed by atoms with E-state index < -0.39 is 0 Å². The number of hydrogen-bond acceptors (Lipinski definition) is 3. The van der Waals surface area contributed by atoms with E-state index in [1.807, 2.05) is 0 Å². The molecule has 2 fully saturated rings. The highest BCUT2D eigenvalue weighted by Gasteiger charge is 2.39. The molecule has 19 heavy (non-hydrogen) atoms. The lowest BCUT2D eigenvalue weighted by Crippen LogP contribution is -2.65. The summed E-state index contributed by atoms with van der Waals surface area (Å²) in [6.07, 6.45) is 3.34. The molecule has 0 aromatic carbocycles. The highest BCUT2D eigenvalue weighted by atomic mass is 16.5. The molecule has 0 bridgehead atoms. The van der Waals surface area contributed by atoms with Gasteiger partial charge in [0.2, 0.25) is 0 Å². The minimum absolute atomic E-state index is 0.233. The van der Waals surface area contributed by atoms with Crippen LogP contribution in [0.15, 0.2) is 0 Å². The van der Waals surface area contributed by atoms with Gasteiger partial charge < -0.3 is 10.1 Å². The molecule has 2 rings (SSSR count). The second-order valence-electron chi connectivity index (χ2n) is 8.16. The number of ether oxygens (including phenoxy) is 1. The molecule has 2 aliphatic heterocycles. The first-order valence-electron chi connectivity index (χ1n) is 7.82. The van der Waals surface area contributed by atoms with E-state index in [0.717, 1.165) is 19.6 Å². The van der Waals surface area contributed by atoms with Crippen LogP contribution in [0.5, 0.6) is 0 Å². The minimum atomic E-state index is 0.233. The predicted octanol–water partition coefficient (Wildman–Crippen LogP) is 2.65. The monoisotopic (exact) mass is 268 g/mol. The summed E-state index contributed by atoms with van der Waals surface area (Å²) in [4.78, 5) is 2.64. The Kier molecular flexibility index (Phi) is 4.29. The Morgan fingerprint density at radius 1 is 1.26 bits per heavy atom. The van der Waals surface area contributed by atoms with Crippen molar-refractivity contribution < 1.29 is 4.74 Å². The zero-order chi connectivity index (χ0) is 14.3. The lowest BCUT2D eigenvalue weighted by Gasteiger charge is -2.50. The molecule has 0 aromatic heterocycles. The van der Waals surface area contributed by atoms with Gasteiger partial charge in [0.25, 0.3) is 0 Å². The van der Waals surface area contributed by atoms with Crippen LogP contribution < -0.4 is 5.32 Å². The third-order valence-corrected chi connectivity index (χ3v) is 4.83. The van der Waals surface area contributed by atoms with Gasteiger partial charge in [-0.25, -0.2) is 0 Å². The van der Waals surface area contributed by atoms with Gasteiger partial charge in [-0.2, -0.15) is 0 Å². The van der Waals surface area contributed by atoms with Crippen LogP contribution in [0.1, 0.15) is 54.4 Å². The second kappa shape index (κ2) is 5.34. The summed E-state index contributed by atoms with van der Waals surface area (Å²) >= 11 is 0. The fraction of sp³-hybridized carbons (Fsp3) is 1.00. The summed E-state index contributed by atoms with van der Waals surface area (Å²) in [5.41, 5.74) is 0.551. The van der Waals surface area contributed by atoms with Gasteiger partial charge in [0.05, 0.1) is 12.2 Å². The first-order valence-corrected chi connectivity index (χ1v) is 7.82. The van der Waals surface area contributed by atoms with E-state index in [4.69, 9.17) is 4.74 Å². The number of rotatable bonds is 2. The number of nitrogens with zero attached hydrogens (tertiary/aromatic N) is 1. The molecule has 0 amide bonds. The smallest absolute Gasteiger partial charge is 0.0706 e. The highest BCUT2D eigenvalue weighted by Crippen LogP contribution is 2.29. The van der Waals surface area contributed by atoms with Crippen LogP contribution in [0.4, 0.5) is 0 Å². The number of piperazine rings is 1. The van der Waals surface area contributed by atoms with Crippen LogP contribution in [0.25, 0.3) is 0 Å². The van der Waals surface area contributed by atoms with Crippen molar-refractivity contribution in [2.45, 2.75) is 78.2 Å². The number of nitrogens with one attached hydrogen (secondary N) is 1. The van der Waals surface area contributed by atoms with Gasteiger partial charge in [-0.1, -0.05) is 20.8 Å². The molecule has 0 spiro atoms. The van der Waals surface area contributed by atoms with Crippen molar-refractivity contribution in [1.29, 1.82) is 0 Å². The molecule has 3 unspecified atom stereocenters. The Morgan fingerprint density at radius 3 is 2.47 bits per heavy atom. The maximum atomic E-state index is 6.02. The standard InChI is InChI=1S/C16H32N2O/c1-12-7-8-13(19-12)9-18-10-14(15(2,3)4)17-11-16(18,5)6/h12-14,17H,7-11H2,1-6H3. The van der Waals surface area contributed by atoms with Gasteiger partial charge in [0, 0.05) is 31.2 Å². The van der Waals surface area contributed by atoms with Crippen LogP contribution in [0.2, 0.25) is 0 Å². The van der Waals surface area contributed by atoms with Gasteiger partial charge in [-0.05, 0) is 39.0 Å². The Balaban J connectivity index is 1.98. The maximum absolute atomic E-state index is 6.02. The van der Waals surface area contributed by atoms with E-state index in [0.29, 0.717) is 23.7 Å². The summed E-state index contributed by atoms with van der Waals surface area (Å²) < 4.78 is 6.02. The Bertz CT molecular complexity index is 308. The van der Waals surface area contributed by atoms with Crippen LogP contribution in [-0.2, 0) is 4.74 Å². The highest BCUT2D eigenvalue weighted by molar-refractivity contribution is 4.97. The molecule has 3 nitrogen and oxygen atoms in total. The summed E-state index contributed by atoms with van der Waals surface area (Å²) in [6, 6.07) is 0.569. The van der Waals surface area contributed by atoms with E-state index in [-0.39, 0.29) is 5.54 Å². The Morgan fingerprint density at radius 2 is 1.95 bits per heavy atom. The molecule has 0 saturated carbocycles. The third-order valence-electron chi connectivity index (χ3n) is 4.83. The fourth-order valence-corrected chi connectivity index (χ4v) is 3.18. The van der Waals surface area contributed by atoms with E-state index in [2.05, 4.69) is 51.8 Å². The van der Waals surface area contributed by atoms with E-state index >= 15 is 0 Å². The lowest BCUT2D eigenvalue weighted by atomic mass is 9.82. The van der Waals surface area contributed by atoms with Crippen LogP contribution in [0.3, 0.4) is 0 Å². The largest absolute Gasteiger partial charge is 0.374 e. The van der Waals surface area contributed by atoms with Gasteiger partial charge in [-0.15, -0.1) is 0 Å². The predicted molar refractivity (Wildman–Crippen MR) is 80.5 cm³/mol. The zero-order valence-electron chi connectivity index (χ0n) is 13.6. The van der Waals surface area contributed by atoms with Crippen molar-refractivity contribution in [3.63, 3.8) is 0 Å². The van der Waals surface area contributed by atoms with Gasteiger partial charge >= 0.3 is 0 Å². The molecule has 2 aliphatic rings.